The second-order valence-electron chi connectivity index (χ2n) is 4.90. The Bertz CT molecular complexity index is 452. The summed E-state index contributed by atoms with van der Waals surface area (Å²) >= 11 is 0. The van der Waals surface area contributed by atoms with E-state index in [0.29, 0.717) is 0 Å². The second kappa shape index (κ2) is 4.80. The first kappa shape index (κ1) is 12.6. The van der Waals surface area contributed by atoms with Crippen LogP contribution < -0.4 is 0 Å². The molecule has 1 heterocycles. The fourth-order valence-corrected chi connectivity index (χ4v) is 2.50. The van der Waals surface area contributed by atoms with E-state index in [0.717, 1.165) is 5.56 Å². The molecule has 0 unspecified atom stereocenters. The quantitative estimate of drug-likeness (QED) is 0.833. The molecule has 0 aliphatic carbocycles. The van der Waals surface area contributed by atoms with Crippen molar-refractivity contribution in [2.45, 2.75) is 20.0 Å². The Morgan fingerprint density at radius 3 is 2.39 bits per heavy atom. The van der Waals surface area contributed by atoms with Gasteiger partial charge in [-0.2, -0.15) is 0 Å². The normalized spacial score (nSPS) is 27.3. The largest absolute Gasteiger partial charge is 0.481 e. The number of cyclic esters (lactones) is 1. The van der Waals surface area contributed by atoms with E-state index in [1.807, 2.05) is 32.0 Å². The summed E-state index contributed by atoms with van der Waals surface area (Å²) < 4.78 is 5.28. The highest BCUT2D eigenvalue weighted by molar-refractivity contribution is 5.85. The molecular formula is C14H16O4. The van der Waals surface area contributed by atoms with E-state index in [4.69, 9.17) is 4.74 Å². The number of hydrogen-bond acceptors (Lipinski definition) is 3. The molecule has 1 aromatic carbocycles. The number of esters is 1. The smallest absolute Gasteiger partial charge is 0.311 e. The average Bonchev–Trinajstić information content (AvgIpc) is 2.68. The van der Waals surface area contributed by atoms with Crippen LogP contribution in [-0.2, 0) is 14.3 Å². The molecule has 3 atom stereocenters. The van der Waals surface area contributed by atoms with Crippen molar-refractivity contribution in [2.24, 2.45) is 17.8 Å². The number of carbonyl (C=O) groups is 2. The summed E-state index contributed by atoms with van der Waals surface area (Å²) in [6.07, 6.45) is -0.677. The first-order chi connectivity index (χ1) is 8.52. The Kier molecular flexibility index (Phi) is 3.36. The molecule has 0 spiro atoms. The number of carbonyl (C=O) groups excluding carboxylic acids is 1. The van der Waals surface area contributed by atoms with Crippen LogP contribution in [0.4, 0.5) is 0 Å². The Hall–Kier alpha value is -1.84. The molecule has 0 radical (unpaired) electrons. The molecule has 1 N–H and O–H groups in total. The number of carboxylic acids is 1. The van der Waals surface area contributed by atoms with Gasteiger partial charge in [0.05, 0.1) is 5.92 Å². The van der Waals surface area contributed by atoms with Gasteiger partial charge in [-0.1, -0.05) is 44.2 Å². The lowest BCUT2D eigenvalue weighted by molar-refractivity contribution is -0.146. The third kappa shape index (κ3) is 2.10. The summed E-state index contributed by atoms with van der Waals surface area (Å²) in [5.74, 6) is -2.82. The van der Waals surface area contributed by atoms with Gasteiger partial charge in [-0.15, -0.1) is 0 Å². The van der Waals surface area contributed by atoms with E-state index >= 15 is 0 Å². The molecule has 0 aromatic heterocycles. The van der Waals surface area contributed by atoms with Crippen molar-refractivity contribution in [3.8, 4) is 0 Å². The van der Waals surface area contributed by atoms with E-state index < -0.39 is 29.9 Å². The van der Waals surface area contributed by atoms with Crippen LogP contribution in [0.5, 0.6) is 0 Å². The summed E-state index contributed by atoms with van der Waals surface area (Å²) in [6.45, 7) is 3.68. The molecule has 4 nitrogen and oxygen atoms in total. The van der Waals surface area contributed by atoms with Crippen molar-refractivity contribution in [1.29, 1.82) is 0 Å². The minimum Gasteiger partial charge on any atom is -0.481 e. The molecule has 1 saturated heterocycles. The number of hydrogen-bond donors (Lipinski definition) is 1. The summed E-state index contributed by atoms with van der Waals surface area (Å²) in [7, 11) is 0. The van der Waals surface area contributed by atoms with Gasteiger partial charge in [0.1, 0.15) is 12.0 Å². The Morgan fingerprint density at radius 2 is 1.89 bits per heavy atom. The molecule has 18 heavy (non-hydrogen) atoms. The van der Waals surface area contributed by atoms with Gasteiger partial charge in [0.2, 0.25) is 0 Å². The predicted octanol–water partition coefficient (Wildman–Crippen LogP) is 2.26. The highest BCUT2D eigenvalue weighted by atomic mass is 16.6. The van der Waals surface area contributed by atoms with Crippen LogP contribution in [0.3, 0.4) is 0 Å². The zero-order valence-corrected chi connectivity index (χ0v) is 10.4. The van der Waals surface area contributed by atoms with Crippen molar-refractivity contribution >= 4 is 11.9 Å². The monoisotopic (exact) mass is 248 g/mol. The van der Waals surface area contributed by atoms with Gasteiger partial charge >= 0.3 is 11.9 Å². The van der Waals surface area contributed by atoms with Crippen LogP contribution in [0.1, 0.15) is 25.5 Å². The lowest BCUT2D eigenvalue weighted by atomic mass is 9.81. The van der Waals surface area contributed by atoms with Crippen molar-refractivity contribution in [1.82, 2.24) is 0 Å². The van der Waals surface area contributed by atoms with E-state index in [9.17, 15) is 14.7 Å². The minimum atomic E-state index is -0.978. The Morgan fingerprint density at radius 1 is 1.28 bits per heavy atom. The fraction of sp³-hybridized carbons (Fsp3) is 0.429. The molecule has 1 fully saturated rings. The average molecular weight is 248 g/mol. The molecule has 0 saturated carbocycles. The molecule has 1 aliphatic heterocycles. The Balaban J connectivity index is 2.37. The van der Waals surface area contributed by atoms with Crippen LogP contribution in [0.15, 0.2) is 30.3 Å². The van der Waals surface area contributed by atoms with E-state index in [1.165, 1.54) is 0 Å². The van der Waals surface area contributed by atoms with Gasteiger partial charge in [-0.3, -0.25) is 9.59 Å². The van der Waals surface area contributed by atoms with Crippen molar-refractivity contribution < 1.29 is 19.4 Å². The molecule has 0 amide bonds. The SMILES string of the molecule is CC(C)[C@@H]1C(=O)O[C@@H](c2ccccc2)[C@H]1C(=O)O. The predicted molar refractivity (Wildman–Crippen MR) is 64.7 cm³/mol. The van der Waals surface area contributed by atoms with Crippen molar-refractivity contribution in [3.05, 3.63) is 35.9 Å². The summed E-state index contributed by atoms with van der Waals surface area (Å²) in [5.41, 5.74) is 0.737. The van der Waals surface area contributed by atoms with Crippen LogP contribution >= 0.6 is 0 Å². The third-order valence-electron chi connectivity index (χ3n) is 3.36. The molecule has 1 aliphatic rings. The minimum absolute atomic E-state index is 0.0488. The van der Waals surface area contributed by atoms with Crippen LogP contribution in [0.2, 0.25) is 0 Å². The first-order valence-corrected chi connectivity index (χ1v) is 6.00. The number of ether oxygens (including phenoxy) is 1. The standard InChI is InChI=1S/C14H16O4/c1-8(2)10-11(13(15)16)12(18-14(10)17)9-6-4-3-5-7-9/h3-8,10-12H,1-2H3,(H,15,16)/t10-,11-,12-/m0/s1. The number of carboxylic acid groups (broad SMARTS) is 1. The topological polar surface area (TPSA) is 63.6 Å². The molecule has 1 aromatic rings. The lowest BCUT2D eigenvalue weighted by Crippen LogP contribution is -2.29. The van der Waals surface area contributed by atoms with Gasteiger partial charge in [0.25, 0.3) is 0 Å². The van der Waals surface area contributed by atoms with Gasteiger partial charge in [0, 0.05) is 0 Å². The van der Waals surface area contributed by atoms with E-state index in [-0.39, 0.29) is 5.92 Å². The number of benzene rings is 1. The third-order valence-corrected chi connectivity index (χ3v) is 3.36. The highest BCUT2D eigenvalue weighted by Crippen LogP contribution is 2.42. The number of aliphatic carboxylic acids is 1. The maximum Gasteiger partial charge on any atom is 0.311 e. The summed E-state index contributed by atoms with van der Waals surface area (Å²) in [5, 5.41) is 9.35. The highest BCUT2D eigenvalue weighted by Gasteiger charge is 2.50. The first-order valence-electron chi connectivity index (χ1n) is 6.00. The van der Waals surface area contributed by atoms with Gasteiger partial charge in [-0.25, -0.2) is 0 Å². The van der Waals surface area contributed by atoms with E-state index in [2.05, 4.69) is 0 Å². The summed E-state index contributed by atoms with van der Waals surface area (Å²) in [4.78, 5) is 23.2. The van der Waals surface area contributed by atoms with Gasteiger partial charge in [-0.05, 0) is 11.5 Å². The zero-order valence-electron chi connectivity index (χ0n) is 10.4. The summed E-state index contributed by atoms with van der Waals surface area (Å²) in [6, 6.07) is 9.04. The second-order valence-corrected chi connectivity index (χ2v) is 4.90. The van der Waals surface area contributed by atoms with Gasteiger partial charge in [0.15, 0.2) is 0 Å². The van der Waals surface area contributed by atoms with Crippen LogP contribution in [0.25, 0.3) is 0 Å². The number of rotatable bonds is 3. The fourth-order valence-electron chi connectivity index (χ4n) is 2.50. The van der Waals surface area contributed by atoms with Crippen LogP contribution in [-0.4, -0.2) is 17.0 Å². The maximum atomic E-state index is 11.8. The van der Waals surface area contributed by atoms with E-state index in [1.54, 1.807) is 12.1 Å². The molecular weight excluding hydrogens is 232 g/mol. The molecule has 96 valence electrons. The molecule has 0 bridgehead atoms. The molecule has 2 rings (SSSR count). The molecule has 4 heteroatoms. The van der Waals surface area contributed by atoms with Gasteiger partial charge < -0.3 is 9.84 Å². The van der Waals surface area contributed by atoms with Crippen molar-refractivity contribution in [3.63, 3.8) is 0 Å². The lowest BCUT2D eigenvalue weighted by Gasteiger charge is -2.19. The maximum absolute atomic E-state index is 11.8. The Labute approximate surface area is 106 Å². The zero-order chi connectivity index (χ0) is 13.3. The van der Waals surface area contributed by atoms with Crippen molar-refractivity contribution in [2.75, 3.05) is 0 Å². The van der Waals surface area contributed by atoms with Crippen LogP contribution in [0, 0.1) is 17.8 Å².